The van der Waals surface area contributed by atoms with E-state index in [9.17, 15) is 18.8 Å². The summed E-state index contributed by atoms with van der Waals surface area (Å²) in [5.41, 5.74) is 2.30. The summed E-state index contributed by atoms with van der Waals surface area (Å²) >= 11 is 0. The predicted octanol–water partition coefficient (Wildman–Crippen LogP) is 3.33. The minimum Gasteiger partial charge on any atom is -0.496 e. The zero-order valence-electron chi connectivity index (χ0n) is 22.1. The molecule has 1 saturated heterocycles. The molecule has 4 rings (SSSR count). The zero-order chi connectivity index (χ0) is 27.0. The lowest BCUT2D eigenvalue weighted by Gasteiger charge is -2.44. The summed E-state index contributed by atoms with van der Waals surface area (Å²) in [4.78, 5) is 44.5. The lowest BCUT2D eigenvalue weighted by Crippen LogP contribution is -2.57. The molecule has 0 aliphatic carbocycles. The minimum atomic E-state index is -0.629. The molecule has 2 heterocycles. The molecule has 0 saturated carbocycles. The van der Waals surface area contributed by atoms with Crippen molar-refractivity contribution >= 4 is 28.5 Å². The van der Waals surface area contributed by atoms with Gasteiger partial charge in [-0.25, -0.2) is 4.39 Å². The van der Waals surface area contributed by atoms with Crippen LogP contribution in [0.4, 0.5) is 4.39 Å². The van der Waals surface area contributed by atoms with Crippen molar-refractivity contribution in [3.8, 4) is 5.75 Å². The number of aryl methyl sites for hydroxylation is 1. The number of piperazine rings is 1. The molecule has 196 valence electrons. The first-order chi connectivity index (χ1) is 17.5. The number of fused-ring (bicyclic) bond motifs is 1. The summed E-state index contributed by atoms with van der Waals surface area (Å²) in [6, 6.07) is 9.87. The van der Waals surface area contributed by atoms with Crippen molar-refractivity contribution < 1.29 is 23.5 Å². The molecule has 3 aromatic rings. The van der Waals surface area contributed by atoms with Crippen LogP contribution in [0.3, 0.4) is 0 Å². The predicted molar refractivity (Wildman–Crippen MR) is 139 cm³/mol. The molecule has 9 heteroatoms. The summed E-state index contributed by atoms with van der Waals surface area (Å²) in [7, 11) is 6.35. The van der Waals surface area contributed by atoms with E-state index in [1.54, 1.807) is 42.1 Å². The van der Waals surface area contributed by atoms with Crippen LogP contribution in [0.15, 0.2) is 42.6 Å². The maximum Gasteiger partial charge on any atom is 0.294 e. The van der Waals surface area contributed by atoms with Crippen molar-refractivity contribution in [2.45, 2.75) is 32.5 Å². The molecule has 2 aromatic carbocycles. The van der Waals surface area contributed by atoms with E-state index in [1.165, 1.54) is 38.2 Å². The van der Waals surface area contributed by atoms with Gasteiger partial charge in [0.15, 0.2) is 0 Å². The first-order valence-electron chi connectivity index (χ1n) is 12.2. The second kappa shape index (κ2) is 10.3. The van der Waals surface area contributed by atoms with E-state index >= 15 is 0 Å². The highest BCUT2D eigenvalue weighted by atomic mass is 19.1. The van der Waals surface area contributed by atoms with Gasteiger partial charge in [-0.1, -0.05) is 12.1 Å². The number of ketones is 1. The molecule has 1 aliphatic rings. The Kier molecular flexibility index (Phi) is 7.36. The van der Waals surface area contributed by atoms with Crippen LogP contribution < -0.4 is 4.74 Å². The maximum absolute atomic E-state index is 13.8. The van der Waals surface area contributed by atoms with Gasteiger partial charge in [0, 0.05) is 70.5 Å². The number of likely N-dealkylation sites (N-methyl/N-ethyl adjacent to an activating group) is 1. The Bertz CT molecular complexity index is 1350. The standard InChI is InChI=1S/C28H33FN4O4/c1-17-14-33(18(2)13-32(17)15-19-7-9-20(29)10-8-19)27(35)22-11-21-23(26(34)28(36)30(3)4)16-31(5)24(21)12-25(22)37-6/h7-12,16-18H,13-15H2,1-6H3/t17-,18-/m0/s1. The van der Waals surface area contributed by atoms with Gasteiger partial charge in [-0.15, -0.1) is 0 Å². The minimum absolute atomic E-state index is 0.0755. The number of aromatic nitrogens is 1. The van der Waals surface area contributed by atoms with Gasteiger partial charge in [0.05, 0.1) is 23.8 Å². The lowest BCUT2D eigenvalue weighted by atomic mass is 10.0. The third-order valence-corrected chi connectivity index (χ3v) is 7.06. The average Bonchev–Trinajstić information content (AvgIpc) is 3.20. The Hall–Kier alpha value is -3.72. The molecule has 1 aromatic heterocycles. The molecule has 37 heavy (non-hydrogen) atoms. The third kappa shape index (κ3) is 5.09. The number of carbonyl (C=O) groups is 3. The number of nitrogens with zero attached hydrogens (tertiary/aromatic N) is 4. The molecule has 0 bridgehead atoms. The number of benzene rings is 2. The summed E-state index contributed by atoms with van der Waals surface area (Å²) in [5, 5.41) is 0.530. The molecule has 0 N–H and O–H groups in total. The summed E-state index contributed by atoms with van der Waals surface area (Å²) in [6.45, 7) is 5.89. The highest BCUT2D eigenvalue weighted by molar-refractivity contribution is 6.44. The van der Waals surface area contributed by atoms with Crippen LogP contribution in [0.1, 0.15) is 40.1 Å². The average molecular weight is 509 g/mol. The van der Waals surface area contributed by atoms with Crippen LogP contribution >= 0.6 is 0 Å². The maximum atomic E-state index is 13.8. The van der Waals surface area contributed by atoms with Gasteiger partial charge in [0.2, 0.25) is 0 Å². The van der Waals surface area contributed by atoms with Gasteiger partial charge < -0.3 is 19.1 Å². The van der Waals surface area contributed by atoms with Crippen LogP contribution in [0.25, 0.3) is 10.9 Å². The van der Waals surface area contributed by atoms with Crippen molar-refractivity contribution in [3.63, 3.8) is 0 Å². The highest BCUT2D eigenvalue weighted by Gasteiger charge is 2.34. The lowest BCUT2D eigenvalue weighted by molar-refractivity contribution is -0.124. The number of rotatable bonds is 6. The van der Waals surface area contributed by atoms with E-state index in [2.05, 4.69) is 11.8 Å². The van der Waals surface area contributed by atoms with Crippen molar-refractivity contribution in [1.82, 2.24) is 19.3 Å². The molecule has 0 radical (unpaired) electrons. The number of carbonyl (C=O) groups excluding carboxylic acids is 3. The molecular formula is C28H33FN4O4. The van der Waals surface area contributed by atoms with Crippen LogP contribution in [-0.4, -0.2) is 83.2 Å². The fourth-order valence-electron chi connectivity index (χ4n) is 4.93. The second-order valence-electron chi connectivity index (χ2n) is 9.96. The van der Waals surface area contributed by atoms with Gasteiger partial charge in [-0.3, -0.25) is 19.3 Å². The van der Waals surface area contributed by atoms with E-state index in [0.717, 1.165) is 5.56 Å². The number of hydrogen-bond acceptors (Lipinski definition) is 5. The van der Waals surface area contributed by atoms with Gasteiger partial charge in [0.25, 0.3) is 17.6 Å². The van der Waals surface area contributed by atoms with Gasteiger partial charge in [0.1, 0.15) is 11.6 Å². The van der Waals surface area contributed by atoms with Crippen LogP contribution in [0, 0.1) is 5.82 Å². The summed E-state index contributed by atoms with van der Waals surface area (Å²) in [6.07, 6.45) is 1.61. The molecule has 2 amide bonds. The largest absolute Gasteiger partial charge is 0.496 e. The number of halogens is 1. The first-order valence-corrected chi connectivity index (χ1v) is 12.2. The summed E-state index contributed by atoms with van der Waals surface area (Å²) < 4.78 is 20.6. The van der Waals surface area contributed by atoms with E-state index in [0.29, 0.717) is 41.9 Å². The number of amides is 2. The SMILES string of the molecule is COc1cc2c(cc1C(=O)N1C[C@H](C)N(Cc3ccc(F)cc3)C[C@@H]1C)c(C(=O)C(=O)N(C)C)cn2C. The Morgan fingerprint density at radius 3 is 2.32 bits per heavy atom. The smallest absolute Gasteiger partial charge is 0.294 e. The highest BCUT2D eigenvalue weighted by Crippen LogP contribution is 2.32. The molecule has 0 spiro atoms. The normalized spacial score (nSPS) is 18.2. The van der Waals surface area contributed by atoms with Crippen LogP contribution in [-0.2, 0) is 18.4 Å². The Morgan fingerprint density at radius 2 is 1.70 bits per heavy atom. The Morgan fingerprint density at radius 1 is 1.03 bits per heavy atom. The molecule has 1 aliphatic heterocycles. The van der Waals surface area contributed by atoms with Crippen molar-refractivity contribution in [1.29, 1.82) is 0 Å². The molecule has 2 atom stereocenters. The number of Topliss-reactive ketones (excluding diaryl/α,β-unsaturated/α-hetero) is 1. The third-order valence-electron chi connectivity index (χ3n) is 7.06. The molecule has 8 nitrogen and oxygen atoms in total. The van der Waals surface area contributed by atoms with Gasteiger partial charge in [-0.05, 0) is 37.6 Å². The first kappa shape index (κ1) is 26.3. The van der Waals surface area contributed by atoms with Crippen LogP contribution in [0.5, 0.6) is 5.75 Å². The zero-order valence-corrected chi connectivity index (χ0v) is 22.1. The van der Waals surface area contributed by atoms with Crippen molar-refractivity contribution in [2.24, 2.45) is 7.05 Å². The number of ether oxygens (including phenoxy) is 1. The second-order valence-corrected chi connectivity index (χ2v) is 9.96. The van der Waals surface area contributed by atoms with Gasteiger partial charge in [-0.2, -0.15) is 0 Å². The fourth-order valence-corrected chi connectivity index (χ4v) is 4.93. The molecular weight excluding hydrogens is 475 g/mol. The molecule has 0 unspecified atom stereocenters. The quantitative estimate of drug-likeness (QED) is 0.377. The molecule has 1 fully saturated rings. The van der Waals surface area contributed by atoms with E-state index < -0.39 is 11.7 Å². The Labute approximate surface area is 216 Å². The van der Waals surface area contributed by atoms with Crippen molar-refractivity contribution in [3.05, 3.63) is 65.1 Å². The van der Waals surface area contributed by atoms with E-state index in [4.69, 9.17) is 4.74 Å². The van der Waals surface area contributed by atoms with Crippen LogP contribution in [0.2, 0.25) is 0 Å². The summed E-state index contributed by atoms with van der Waals surface area (Å²) in [5.74, 6) is -1.31. The number of hydrogen-bond donors (Lipinski definition) is 0. The number of methoxy groups -OCH3 is 1. The van der Waals surface area contributed by atoms with E-state index in [1.807, 2.05) is 11.8 Å². The fraction of sp³-hybridized carbons (Fsp3) is 0.393. The van der Waals surface area contributed by atoms with E-state index in [-0.39, 0.29) is 29.4 Å². The monoisotopic (exact) mass is 508 g/mol. The Balaban J connectivity index is 1.63. The van der Waals surface area contributed by atoms with Crippen molar-refractivity contribution in [2.75, 3.05) is 34.3 Å². The van der Waals surface area contributed by atoms with Gasteiger partial charge >= 0.3 is 0 Å². The topological polar surface area (TPSA) is 75.1 Å².